The predicted octanol–water partition coefficient (Wildman–Crippen LogP) is 6.45. The van der Waals surface area contributed by atoms with Gasteiger partial charge in [0.05, 0.1) is 15.8 Å². The van der Waals surface area contributed by atoms with E-state index < -0.39 is 0 Å². The van der Waals surface area contributed by atoms with Crippen LogP contribution < -0.4 is 10.1 Å². The van der Waals surface area contributed by atoms with E-state index >= 15 is 0 Å². The van der Waals surface area contributed by atoms with Gasteiger partial charge in [-0.3, -0.25) is 4.79 Å². The van der Waals surface area contributed by atoms with Crippen molar-refractivity contribution in [2.75, 3.05) is 5.32 Å². The number of pyridine rings is 1. The fraction of sp³-hybridized carbons (Fsp3) is 0.120. The first-order valence-electron chi connectivity index (χ1n) is 9.75. The van der Waals surface area contributed by atoms with E-state index in [0.29, 0.717) is 0 Å². The quantitative estimate of drug-likeness (QED) is 0.368. The molecule has 5 heteroatoms. The molecule has 0 spiro atoms. The van der Waals surface area contributed by atoms with Gasteiger partial charge >= 0.3 is 0 Å². The van der Waals surface area contributed by atoms with Gasteiger partial charge in [-0.1, -0.05) is 48.2 Å². The van der Waals surface area contributed by atoms with Gasteiger partial charge in [-0.25, -0.2) is 4.98 Å². The predicted molar refractivity (Wildman–Crippen MR) is 123 cm³/mol. The summed E-state index contributed by atoms with van der Waals surface area (Å²) in [7, 11) is 0. The summed E-state index contributed by atoms with van der Waals surface area (Å²) in [6.07, 6.45) is 0. The van der Waals surface area contributed by atoms with Crippen molar-refractivity contribution in [1.29, 1.82) is 0 Å². The van der Waals surface area contributed by atoms with Crippen molar-refractivity contribution in [3.8, 4) is 11.5 Å². The van der Waals surface area contributed by atoms with E-state index in [1.54, 1.807) is 0 Å². The Morgan fingerprint density at radius 3 is 2.37 bits per heavy atom. The Hall–Kier alpha value is -3.31. The smallest absolute Gasteiger partial charge is 0.237 e. The summed E-state index contributed by atoms with van der Waals surface area (Å²) in [5.41, 5.74) is 2.84. The Labute approximate surface area is 180 Å². The molecule has 0 radical (unpaired) electrons. The van der Waals surface area contributed by atoms with Gasteiger partial charge in [-0.2, -0.15) is 0 Å². The van der Waals surface area contributed by atoms with Crippen LogP contribution in [0.5, 0.6) is 11.5 Å². The van der Waals surface area contributed by atoms with Crippen molar-refractivity contribution in [2.45, 2.75) is 24.1 Å². The zero-order valence-electron chi connectivity index (χ0n) is 16.8. The van der Waals surface area contributed by atoms with Crippen LogP contribution in [0.2, 0.25) is 0 Å². The highest BCUT2D eigenvalue weighted by atomic mass is 32.2. The molecule has 1 unspecified atom stereocenters. The second kappa shape index (κ2) is 9.01. The van der Waals surface area contributed by atoms with E-state index in [1.165, 1.54) is 11.8 Å². The number of carbonyl (C=O) groups excluding carboxylic acids is 1. The van der Waals surface area contributed by atoms with Crippen LogP contribution in [-0.4, -0.2) is 16.1 Å². The SMILES string of the molecule is Cc1cc(SC(C)C(=O)Nc2ccc(Oc3ccccc3)cc2)nc2ccccc12. The number of fused-ring (bicyclic) bond motifs is 1. The van der Waals surface area contributed by atoms with Crippen LogP contribution in [0, 0.1) is 6.92 Å². The van der Waals surface area contributed by atoms with Gasteiger partial charge in [-0.05, 0) is 67.9 Å². The minimum atomic E-state index is -0.279. The summed E-state index contributed by atoms with van der Waals surface area (Å²) in [5, 5.41) is 4.67. The third kappa shape index (κ3) is 4.81. The molecular weight excluding hydrogens is 392 g/mol. The molecule has 0 aliphatic carbocycles. The van der Waals surface area contributed by atoms with Gasteiger partial charge in [0.1, 0.15) is 11.5 Å². The first kappa shape index (κ1) is 20.0. The molecule has 0 fully saturated rings. The standard InChI is InChI=1S/C25H22N2O2S/c1-17-16-24(27-23-11-7-6-10-22(17)23)30-18(2)25(28)26-19-12-14-21(15-13-19)29-20-8-4-3-5-9-20/h3-16,18H,1-2H3,(H,26,28). The monoisotopic (exact) mass is 414 g/mol. The lowest BCUT2D eigenvalue weighted by atomic mass is 10.1. The number of hydrogen-bond donors (Lipinski definition) is 1. The lowest BCUT2D eigenvalue weighted by molar-refractivity contribution is -0.115. The zero-order valence-corrected chi connectivity index (χ0v) is 17.6. The minimum absolute atomic E-state index is 0.0654. The maximum Gasteiger partial charge on any atom is 0.237 e. The van der Waals surface area contributed by atoms with E-state index in [9.17, 15) is 4.79 Å². The van der Waals surface area contributed by atoms with Crippen molar-refractivity contribution < 1.29 is 9.53 Å². The molecule has 0 aliphatic rings. The van der Waals surface area contributed by atoms with Crippen LogP contribution in [0.25, 0.3) is 10.9 Å². The van der Waals surface area contributed by atoms with Crippen molar-refractivity contribution in [3.63, 3.8) is 0 Å². The van der Waals surface area contributed by atoms with Crippen molar-refractivity contribution in [1.82, 2.24) is 4.98 Å². The summed E-state index contributed by atoms with van der Waals surface area (Å²) < 4.78 is 5.79. The van der Waals surface area contributed by atoms with E-state index in [2.05, 4.69) is 23.3 Å². The van der Waals surface area contributed by atoms with Gasteiger partial charge in [-0.15, -0.1) is 0 Å². The highest BCUT2D eigenvalue weighted by molar-refractivity contribution is 8.00. The summed E-state index contributed by atoms with van der Waals surface area (Å²) in [5.74, 6) is 1.43. The van der Waals surface area contributed by atoms with Gasteiger partial charge in [0.2, 0.25) is 5.91 Å². The number of nitrogens with zero attached hydrogens (tertiary/aromatic N) is 1. The number of nitrogens with one attached hydrogen (secondary N) is 1. The van der Waals surface area contributed by atoms with Crippen LogP contribution in [0.15, 0.2) is 90.0 Å². The van der Waals surface area contributed by atoms with Crippen LogP contribution >= 0.6 is 11.8 Å². The molecular formula is C25H22N2O2S. The molecule has 0 saturated heterocycles. The van der Waals surface area contributed by atoms with E-state index in [-0.39, 0.29) is 11.2 Å². The number of amides is 1. The highest BCUT2D eigenvalue weighted by Crippen LogP contribution is 2.28. The lowest BCUT2D eigenvalue weighted by Crippen LogP contribution is -2.22. The summed E-state index contributed by atoms with van der Waals surface area (Å²) in [6, 6.07) is 27.0. The Kier molecular flexibility index (Phi) is 6.00. The van der Waals surface area contributed by atoms with Gasteiger partial charge in [0.25, 0.3) is 0 Å². The third-order valence-corrected chi connectivity index (χ3v) is 5.69. The average Bonchev–Trinajstić information content (AvgIpc) is 2.76. The van der Waals surface area contributed by atoms with E-state index in [0.717, 1.165) is 38.7 Å². The third-order valence-electron chi connectivity index (χ3n) is 4.67. The number of benzene rings is 3. The summed E-state index contributed by atoms with van der Waals surface area (Å²) >= 11 is 1.46. The number of thioether (sulfide) groups is 1. The van der Waals surface area contributed by atoms with Gasteiger partial charge in [0.15, 0.2) is 0 Å². The molecule has 0 saturated carbocycles. The summed E-state index contributed by atoms with van der Waals surface area (Å²) in [4.78, 5) is 17.3. The normalized spacial score (nSPS) is 11.8. The van der Waals surface area contributed by atoms with Crippen molar-refractivity contribution >= 4 is 34.3 Å². The second-order valence-corrected chi connectivity index (χ2v) is 8.34. The van der Waals surface area contributed by atoms with Gasteiger partial charge in [0, 0.05) is 11.1 Å². The number of rotatable bonds is 6. The molecule has 4 rings (SSSR count). The second-order valence-electron chi connectivity index (χ2n) is 6.98. The molecule has 4 nitrogen and oxygen atoms in total. The largest absolute Gasteiger partial charge is 0.457 e. The number of ether oxygens (including phenoxy) is 1. The van der Waals surface area contributed by atoms with Crippen molar-refractivity contribution in [3.05, 3.63) is 90.5 Å². The number of para-hydroxylation sites is 2. The number of anilines is 1. The van der Waals surface area contributed by atoms with Crippen molar-refractivity contribution in [2.24, 2.45) is 0 Å². The Bertz CT molecular complexity index is 1160. The molecule has 1 atom stereocenters. The zero-order chi connectivity index (χ0) is 20.9. The molecule has 0 bridgehead atoms. The topological polar surface area (TPSA) is 51.2 Å². The van der Waals surface area contributed by atoms with E-state index in [1.807, 2.05) is 85.8 Å². The van der Waals surface area contributed by atoms with E-state index in [4.69, 9.17) is 4.74 Å². The number of aromatic nitrogens is 1. The first-order valence-corrected chi connectivity index (χ1v) is 10.6. The average molecular weight is 415 g/mol. The van der Waals surface area contributed by atoms with Crippen LogP contribution in [0.1, 0.15) is 12.5 Å². The number of carbonyl (C=O) groups is 1. The van der Waals surface area contributed by atoms with Crippen LogP contribution in [0.4, 0.5) is 5.69 Å². The molecule has 0 aliphatic heterocycles. The van der Waals surface area contributed by atoms with Crippen LogP contribution in [-0.2, 0) is 4.79 Å². The molecule has 1 aromatic heterocycles. The molecule has 30 heavy (non-hydrogen) atoms. The molecule has 3 aromatic carbocycles. The highest BCUT2D eigenvalue weighted by Gasteiger charge is 2.16. The Balaban J connectivity index is 1.38. The fourth-order valence-electron chi connectivity index (χ4n) is 3.09. The van der Waals surface area contributed by atoms with Gasteiger partial charge < -0.3 is 10.1 Å². The molecule has 150 valence electrons. The molecule has 1 N–H and O–H groups in total. The Morgan fingerprint density at radius 1 is 0.933 bits per heavy atom. The maximum absolute atomic E-state index is 12.7. The minimum Gasteiger partial charge on any atom is -0.457 e. The summed E-state index contributed by atoms with van der Waals surface area (Å²) in [6.45, 7) is 3.96. The fourth-order valence-corrected chi connectivity index (χ4v) is 4.01. The molecule has 1 heterocycles. The molecule has 1 amide bonds. The Morgan fingerprint density at radius 2 is 1.60 bits per heavy atom. The lowest BCUT2D eigenvalue weighted by Gasteiger charge is -2.13. The number of hydrogen-bond acceptors (Lipinski definition) is 4. The molecule has 4 aromatic rings. The number of aryl methyl sites for hydroxylation is 1. The maximum atomic E-state index is 12.7. The van der Waals surface area contributed by atoms with Crippen LogP contribution in [0.3, 0.4) is 0 Å². The first-order chi connectivity index (χ1) is 14.6.